The van der Waals surface area contributed by atoms with Crippen LogP contribution in [0.1, 0.15) is 19.8 Å². The Morgan fingerprint density at radius 1 is 1.28 bits per heavy atom. The molecule has 0 atom stereocenters. The van der Waals surface area contributed by atoms with E-state index in [0.717, 1.165) is 25.5 Å². The molecular formula is C12H26N4OS. The minimum absolute atomic E-state index is 0.00888. The third-order valence-corrected chi connectivity index (χ3v) is 2.98. The first-order chi connectivity index (χ1) is 8.61. The number of likely N-dealkylation sites (N-methyl/N-ethyl adjacent to an activating group) is 1. The van der Waals surface area contributed by atoms with Gasteiger partial charge in [-0.3, -0.25) is 4.79 Å². The van der Waals surface area contributed by atoms with Crippen molar-refractivity contribution < 1.29 is 4.79 Å². The van der Waals surface area contributed by atoms with Crippen LogP contribution in [-0.4, -0.2) is 62.5 Å². The van der Waals surface area contributed by atoms with E-state index in [4.69, 9.17) is 0 Å². The van der Waals surface area contributed by atoms with Gasteiger partial charge in [-0.25, -0.2) is 4.99 Å². The van der Waals surface area contributed by atoms with Gasteiger partial charge in [-0.2, -0.15) is 11.8 Å². The van der Waals surface area contributed by atoms with Gasteiger partial charge in [-0.1, -0.05) is 0 Å². The van der Waals surface area contributed by atoms with Crippen molar-refractivity contribution >= 4 is 23.6 Å². The summed E-state index contributed by atoms with van der Waals surface area (Å²) in [6.45, 7) is 3.89. The minimum Gasteiger partial charge on any atom is -0.357 e. The molecule has 0 heterocycles. The minimum atomic E-state index is 0.00888. The number of nitrogens with zero attached hydrogens (tertiary/aromatic N) is 2. The lowest BCUT2D eigenvalue weighted by Crippen LogP contribution is -2.38. The molecule has 0 aliphatic carbocycles. The van der Waals surface area contributed by atoms with Gasteiger partial charge in [-0.15, -0.1) is 0 Å². The zero-order chi connectivity index (χ0) is 13.8. The van der Waals surface area contributed by atoms with E-state index in [0.29, 0.717) is 0 Å². The number of carbonyl (C=O) groups excluding carboxylic acids is 1. The molecule has 0 aromatic carbocycles. The van der Waals surface area contributed by atoms with Crippen LogP contribution < -0.4 is 10.6 Å². The predicted octanol–water partition coefficient (Wildman–Crippen LogP) is 0.773. The van der Waals surface area contributed by atoms with E-state index >= 15 is 0 Å². The molecule has 0 bridgehead atoms. The second-order valence-corrected chi connectivity index (χ2v) is 5.10. The van der Waals surface area contributed by atoms with Gasteiger partial charge in [0.05, 0.1) is 0 Å². The van der Waals surface area contributed by atoms with Crippen molar-refractivity contribution in [1.29, 1.82) is 0 Å². The van der Waals surface area contributed by atoms with Crippen LogP contribution in [0.3, 0.4) is 0 Å². The number of aliphatic imine (C=N–C) groups is 1. The summed E-state index contributed by atoms with van der Waals surface area (Å²) in [6.07, 6.45) is 4.43. The lowest BCUT2D eigenvalue weighted by atomic mass is 10.3. The summed E-state index contributed by atoms with van der Waals surface area (Å²) in [5.41, 5.74) is 0. The fourth-order valence-corrected chi connectivity index (χ4v) is 1.70. The molecule has 0 radical (unpaired) electrons. The molecule has 0 unspecified atom stereocenters. The van der Waals surface area contributed by atoms with Crippen LogP contribution in [0.15, 0.2) is 4.99 Å². The number of thioether (sulfide) groups is 1. The van der Waals surface area contributed by atoms with Crippen molar-refractivity contribution in [2.75, 3.05) is 45.7 Å². The average Bonchev–Trinajstić information content (AvgIpc) is 2.34. The van der Waals surface area contributed by atoms with E-state index in [1.54, 1.807) is 19.0 Å². The van der Waals surface area contributed by atoms with Crippen LogP contribution in [0.25, 0.3) is 0 Å². The number of rotatable bonds is 8. The van der Waals surface area contributed by atoms with E-state index in [1.807, 2.05) is 18.7 Å². The highest BCUT2D eigenvalue weighted by Gasteiger charge is 2.03. The van der Waals surface area contributed by atoms with Crippen molar-refractivity contribution in [3.8, 4) is 0 Å². The highest BCUT2D eigenvalue weighted by atomic mass is 32.2. The average molecular weight is 274 g/mol. The van der Waals surface area contributed by atoms with Gasteiger partial charge >= 0.3 is 0 Å². The molecule has 0 aromatic rings. The van der Waals surface area contributed by atoms with Gasteiger partial charge in [0.25, 0.3) is 0 Å². The molecule has 5 nitrogen and oxygen atoms in total. The topological polar surface area (TPSA) is 56.7 Å². The van der Waals surface area contributed by atoms with Crippen molar-refractivity contribution in [1.82, 2.24) is 15.5 Å². The Kier molecular flexibility index (Phi) is 10.6. The second-order valence-electron chi connectivity index (χ2n) is 4.11. The summed E-state index contributed by atoms with van der Waals surface area (Å²) >= 11 is 1.86. The molecule has 106 valence electrons. The van der Waals surface area contributed by atoms with Gasteiger partial charge in [0.1, 0.15) is 6.54 Å². The van der Waals surface area contributed by atoms with Gasteiger partial charge in [0.15, 0.2) is 5.96 Å². The normalized spacial score (nSPS) is 11.2. The van der Waals surface area contributed by atoms with Crippen LogP contribution in [0.5, 0.6) is 0 Å². The van der Waals surface area contributed by atoms with Crippen LogP contribution >= 0.6 is 11.8 Å². The van der Waals surface area contributed by atoms with Gasteiger partial charge < -0.3 is 15.5 Å². The summed E-state index contributed by atoms with van der Waals surface area (Å²) in [7, 11) is 3.47. The highest BCUT2D eigenvalue weighted by Crippen LogP contribution is 1.97. The molecule has 18 heavy (non-hydrogen) atoms. The Hall–Kier alpha value is -0.910. The lowest BCUT2D eigenvalue weighted by Gasteiger charge is -2.12. The maximum absolute atomic E-state index is 11.4. The largest absolute Gasteiger partial charge is 0.357 e. The third kappa shape index (κ3) is 9.15. The zero-order valence-electron chi connectivity index (χ0n) is 12.0. The molecule has 2 N–H and O–H groups in total. The highest BCUT2D eigenvalue weighted by molar-refractivity contribution is 7.98. The fraction of sp³-hybridized carbons (Fsp3) is 0.833. The number of hydrogen-bond acceptors (Lipinski definition) is 3. The number of guanidine groups is 1. The summed E-state index contributed by atoms with van der Waals surface area (Å²) < 4.78 is 0. The fourth-order valence-electron chi connectivity index (χ4n) is 1.21. The number of nitrogens with one attached hydrogen (secondary N) is 2. The summed E-state index contributed by atoms with van der Waals surface area (Å²) in [5.74, 6) is 1.92. The zero-order valence-corrected chi connectivity index (χ0v) is 12.8. The van der Waals surface area contributed by atoms with Gasteiger partial charge in [0, 0.05) is 27.2 Å². The molecule has 0 fully saturated rings. The summed E-state index contributed by atoms with van der Waals surface area (Å²) in [4.78, 5) is 17.2. The first-order valence-corrected chi connectivity index (χ1v) is 7.72. The van der Waals surface area contributed by atoms with Crippen LogP contribution in [0.4, 0.5) is 0 Å². The Bertz CT molecular complexity index is 256. The Morgan fingerprint density at radius 3 is 2.56 bits per heavy atom. The quantitative estimate of drug-likeness (QED) is 0.390. The van der Waals surface area contributed by atoms with Gasteiger partial charge in [-0.05, 0) is 31.8 Å². The molecule has 0 aliphatic heterocycles. The number of hydrogen-bond donors (Lipinski definition) is 2. The molecular weight excluding hydrogens is 248 g/mol. The monoisotopic (exact) mass is 274 g/mol. The number of amides is 1. The second kappa shape index (κ2) is 11.2. The van der Waals surface area contributed by atoms with Crippen molar-refractivity contribution in [3.05, 3.63) is 0 Å². The molecule has 0 aliphatic rings. The maximum Gasteiger partial charge on any atom is 0.243 e. The Labute approximate surface area is 115 Å². The first-order valence-electron chi connectivity index (χ1n) is 6.33. The smallest absolute Gasteiger partial charge is 0.243 e. The predicted molar refractivity (Wildman–Crippen MR) is 80.3 cm³/mol. The van der Waals surface area contributed by atoms with E-state index in [9.17, 15) is 4.79 Å². The van der Waals surface area contributed by atoms with E-state index in [2.05, 4.69) is 21.9 Å². The van der Waals surface area contributed by atoms with Crippen LogP contribution in [-0.2, 0) is 4.79 Å². The summed E-state index contributed by atoms with van der Waals surface area (Å²) in [6, 6.07) is 0. The maximum atomic E-state index is 11.4. The number of unbranched alkanes of at least 4 members (excludes halogenated alkanes) is 1. The van der Waals surface area contributed by atoms with Gasteiger partial charge in [0.2, 0.25) is 5.91 Å². The Morgan fingerprint density at radius 2 is 2.00 bits per heavy atom. The molecule has 1 amide bonds. The van der Waals surface area contributed by atoms with Crippen LogP contribution in [0, 0.1) is 0 Å². The molecule has 0 spiro atoms. The SMILES string of the molecule is CCNC(=NCC(=O)N(C)C)NCCCCSC. The van der Waals surface area contributed by atoms with Crippen molar-refractivity contribution in [3.63, 3.8) is 0 Å². The first kappa shape index (κ1) is 17.1. The van der Waals surface area contributed by atoms with E-state index in [1.165, 1.54) is 12.2 Å². The standard InChI is InChI=1S/C12H26N4OS/c1-5-13-12(14-8-6-7-9-18-4)15-10-11(17)16(2)3/h5-10H2,1-4H3,(H2,13,14,15). The molecule has 0 saturated carbocycles. The van der Waals surface area contributed by atoms with Crippen molar-refractivity contribution in [2.24, 2.45) is 4.99 Å². The van der Waals surface area contributed by atoms with Crippen molar-refractivity contribution in [2.45, 2.75) is 19.8 Å². The molecule has 0 aromatic heterocycles. The lowest BCUT2D eigenvalue weighted by molar-refractivity contribution is -0.127. The third-order valence-electron chi connectivity index (χ3n) is 2.28. The Balaban J connectivity index is 3.97. The van der Waals surface area contributed by atoms with E-state index in [-0.39, 0.29) is 12.5 Å². The van der Waals surface area contributed by atoms with Crippen LogP contribution in [0.2, 0.25) is 0 Å². The molecule has 0 saturated heterocycles. The molecule has 0 rings (SSSR count). The van der Waals surface area contributed by atoms with E-state index < -0.39 is 0 Å². The number of carbonyl (C=O) groups is 1. The summed E-state index contributed by atoms with van der Waals surface area (Å²) in [5, 5.41) is 6.36. The molecule has 6 heteroatoms.